The topological polar surface area (TPSA) is 228 Å². The molecule has 0 spiro atoms. The van der Waals surface area contributed by atoms with Crippen LogP contribution in [0.15, 0.2) is 48.5 Å². The van der Waals surface area contributed by atoms with Crippen molar-refractivity contribution >= 4 is 52.8 Å². The fourth-order valence-corrected chi connectivity index (χ4v) is 16.3. The van der Waals surface area contributed by atoms with Crippen LogP contribution in [0.2, 0.25) is 0 Å². The maximum atomic E-state index is 14.5. The molecular weight excluding hydrogens is 1500 g/mol. The lowest BCUT2D eigenvalue weighted by Gasteiger charge is -2.25. The van der Waals surface area contributed by atoms with Gasteiger partial charge in [-0.3, -0.25) is 4.79 Å². The molecule has 120 heavy (non-hydrogen) atoms. The number of hydrogen-bond acceptors (Lipinski definition) is 10. The fourth-order valence-electron chi connectivity index (χ4n) is 16.3. The molecule has 4 aromatic carbocycles. The van der Waals surface area contributed by atoms with Crippen LogP contribution in [-0.4, -0.2) is 89.3 Å². The first-order valence-electron chi connectivity index (χ1n) is 49.4. The van der Waals surface area contributed by atoms with Crippen molar-refractivity contribution < 1.29 is 47.7 Å². The summed E-state index contributed by atoms with van der Waals surface area (Å²) in [5.41, 5.74) is 8.80. The molecule has 1 aliphatic rings. The van der Waals surface area contributed by atoms with Gasteiger partial charge in [0.1, 0.15) is 23.0 Å². The molecule has 8 amide bonds. The van der Waals surface area contributed by atoms with E-state index in [1.165, 1.54) is 180 Å². The average Bonchev–Trinajstić information content (AvgIpc) is 0.771. The Morgan fingerprint density at radius 1 is 0.233 bits per heavy atom. The molecule has 0 radical (unpaired) electrons. The Labute approximate surface area is 729 Å². The van der Waals surface area contributed by atoms with Gasteiger partial charge >= 0.3 is 30.1 Å². The summed E-state index contributed by atoms with van der Waals surface area (Å²) in [6.07, 6.45) is 59.5. The minimum absolute atomic E-state index is 0.123. The smallest absolute Gasteiger partial charge is 0.319 e. The number of urea groups is 4. The number of anilines is 4. The van der Waals surface area contributed by atoms with Gasteiger partial charge in [0.05, 0.1) is 33.0 Å². The SMILES string of the molecule is CCCCCCCCCCCCNC(=O)Nc1cc2c(OCCC)c(c1)Cc1cc(NC(=O)NCCCCCCCCCCCC)cc(c1OCCC)Cc1cc(NC(=O)NCCCCCCCCCCCC)cc(c1OCCCCCCCCCCC(=O)OCC)Cc1cc(NC(=O)NCCCCCCCCCCCC)cc(c1OCCC)C2. The third kappa shape index (κ3) is 46.2. The second-order valence-electron chi connectivity index (χ2n) is 34.2. The molecule has 0 aliphatic heterocycles. The molecular formula is C102H170N8O10. The van der Waals surface area contributed by atoms with E-state index in [0.29, 0.717) is 111 Å². The number of carbonyl (C=O) groups excluding carboxylic acids is 5. The fraction of sp³-hybridized carbons (Fsp3) is 0.716. The number of amides is 8. The van der Waals surface area contributed by atoms with Gasteiger partial charge in [-0.05, 0) is 113 Å². The molecule has 0 atom stereocenters. The van der Waals surface area contributed by atoms with E-state index in [-0.39, 0.29) is 55.8 Å². The van der Waals surface area contributed by atoms with E-state index < -0.39 is 0 Å². The summed E-state index contributed by atoms with van der Waals surface area (Å²) in [6.45, 7) is 21.4. The molecule has 0 saturated heterocycles. The summed E-state index contributed by atoms with van der Waals surface area (Å²) in [5.74, 6) is 2.55. The molecule has 18 heteroatoms. The number of hydrogen-bond donors (Lipinski definition) is 8. The first-order chi connectivity index (χ1) is 58.9. The van der Waals surface area contributed by atoms with Crippen LogP contribution in [0.4, 0.5) is 41.9 Å². The van der Waals surface area contributed by atoms with Crippen molar-refractivity contribution in [2.24, 2.45) is 0 Å². The van der Waals surface area contributed by atoms with Gasteiger partial charge in [-0.15, -0.1) is 0 Å². The van der Waals surface area contributed by atoms with Gasteiger partial charge in [0.15, 0.2) is 0 Å². The number of fused-ring (bicyclic) bond motifs is 8. The normalized spacial score (nSPS) is 11.7. The zero-order valence-corrected chi connectivity index (χ0v) is 77.2. The molecule has 0 heterocycles. The van der Waals surface area contributed by atoms with Crippen LogP contribution in [0.25, 0.3) is 0 Å². The molecule has 0 saturated carbocycles. The number of nitrogens with one attached hydrogen (secondary N) is 8. The lowest BCUT2D eigenvalue weighted by molar-refractivity contribution is -0.143. The van der Waals surface area contributed by atoms with E-state index in [2.05, 4.69) is 91.0 Å². The highest BCUT2D eigenvalue weighted by Gasteiger charge is 2.27. The molecule has 5 rings (SSSR count). The second-order valence-corrected chi connectivity index (χ2v) is 34.2. The van der Waals surface area contributed by atoms with Crippen LogP contribution < -0.4 is 61.5 Å². The second kappa shape index (κ2) is 68.1. The monoisotopic (exact) mass is 1670 g/mol. The van der Waals surface area contributed by atoms with E-state index in [9.17, 15) is 24.0 Å². The third-order valence-electron chi connectivity index (χ3n) is 23.0. The van der Waals surface area contributed by atoms with Crippen molar-refractivity contribution in [3.63, 3.8) is 0 Å². The first kappa shape index (κ1) is 103. The van der Waals surface area contributed by atoms with E-state index in [0.717, 1.165) is 192 Å². The van der Waals surface area contributed by atoms with Crippen molar-refractivity contribution in [1.29, 1.82) is 0 Å². The lowest BCUT2D eigenvalue weighted by atomic mass is 9.90. The van der Waals surface area contributed by atoms with Gasteiger partial charge in [0.25, 0.3) is 0 Å². The van der Waals surface area contributed by atoms with E-state index in [1.807, 2.05) is 55.5 Å². The minimum Gasteiger partial charge on any atom is -0.493 e. The van der Waals surface area contributed by atoms with Gasteiger partial charge in [-0.1, -0.05) is 318 Å². The highest BCUT2D eigenvalue weighted by Crippen LogP contribution is 2.43. The van der Waals surface area contributed by atoms with Gasteiger partial charge in [-0.2, -0.15) is 0 Å². The quantitative estimate of drug-likeness (QED) is 0.0136. The maximum Gasteiger partial charge on any atom is 0.319 e. The molecule has 1 aliphatic carbocycles. The molecule has 0 unspecified atom stereocenters. The summed E-state index contributed by atoms with van der Waals surface area (Å²) in [5, 5.41) is 26.0. The summed E-state index contributed by atoms with van der Waals surface area (Å²) >= 11 is 0. The van der Waals surface area contributed by atoms with Crippen LogP contribution in [0.5, 0.6) is 23.0 Å². The van der Waals surface area contributed by atoms with Crippen molar-refractivity contribution in [2.45, 2.75) is 415 Å². The van der Waals surface area contributed by atoms with Crippen molar-refractivity contribution in [1.82, 2.24) is 21.3 Å². The maximum absolute atomic E-state index is 14.5. The van der Waals surface area contributed by atoms with Crippen LogP contribution in [0, 0.1) is 0 Å². The van der Waals surface area contributed by atoms with Crippen molar-refractivity contribution in [3.05, 3.63) is 93.0 Å². The van der Waals surface area contributed by atoms with E-state index >= 15 is 0 Å². The Morgan fingerprint density at radius 2 is 0.425 bits per heavy atom. The van der Waals surface area contributed by atoms with Gasteiger partial charge in [-0.25, -0.2) is 19.2 Å². The Kier molecular flexibility index (Phi) is 58.6. The third-order valence-corrected chi connectivity index (χ3v) is 23.0. The number of esters is 1. The molecule has 8 bridgehead atoms. The minimum atomic E-state index is -0.297. The van der Waals surface area contributed by atoms with Crippen LogP contribution in [-0.2, 0) is 35.2 Å². The Bertz CT molecular complexity index is 3250. The van der Waals surface area contributed by atoms with Crippen LogP contribution in [0.1, 0.15) is 434 Å². The Hall–Kier alpha value is -7.37. The van der Waals surface area contributed by atoms with Gasteiger partial charge in [0, 0.05) is 126 Å². The number of unbranched alkanes of at least 4 members (excludes halogenated alkanes) is 43. The van der Waals surface area contributed by atoms with Crippen molar-refractivity contribution in [3.8, 4) is 23.0 Å². The predicted molar refractivity (Wildman–Crippen MR) is 503 cm³/mol. The zero-order chi connectivity index (χ0) is 85.9. The molecule has 18 nitrogen and oxygen atoms in total. The molecule has 8 N–H and O–H groups in total. The molecule has 0 aromatic heterocycles. The summed E-state index contributed by atoms with van der Waals surface area (Å²) in [4.78, 5) is 69.8. The number of rotatable bonds is 70. The average molecular weight is 1670 g/mol. The van der Waals surface area contributed by atoms with Crippen LogP contribution in [0.3, 0.4) is 0 Å². The standard InChI is InChI=1S/C102H170N8O10/c1-9-17-21-25-29-33-38-44-50-56-62-103-99(112)107-90-74-82-70-84-76-91(108-100(113)104-63-57-51-45-39-34-30-26-22-18-10-2)78-86(96(84)118-67-14-6)72-88-80-93(110-102(115)106-65-59-53-47-41-36-32-28-24-20-12-4)81-89(98(88)120-69-60-54-48-42-37-43-49-55-61-94(111)116-16-8)73-87-79-92(109-101(114)105-64-58-52-46-40-35-31-27-23-19-11-3)77-85(97(87)119-68-15-7)71-83(75-90)95(82)117-66-13-5/h74-81H,9-73H2,1-8H3,(H2,103,107,112)(H2,104,108,113)(H2,105,109,114)(H2,106,110,115). The van der Waals surface area contributed by atoms with Crippen LogP contribution >= 0.6 is 0 Å². The number of ether oxygens (including phenoxy) is 5. The van der Waals surface area contributed by atoms with Gasteiger partial charge in [0.2, 0.25) is 0 Å². The van der Waals surface area contributed by atoms with E-state index in [4.69, 9.17) is 23.7 Å². The lowest BCUT2D eigenvalue weighted by Crippen LogP contribution is -2.30. The summed E-state index contributed by atoms with van der Waals surface area (Å²) < 4.78 is 33.8. The number of benzene rings is 4. The Balaban J connectivity index is 1.71. The number of carbonyl (C=O) groups is 5. The van der Waals surface area contributed by atoms with E-state index in [1.54, 1.807) is 0 Å². The summed E-state index contributed by atoms with van der Waals surface area (Å²) in [6, 6.07) is 15.1. The molecule has 4 aromatic rings. The summed E-state index contributed by atoms with van der Waals surface area (Å²) in [7, 11) is 0. The Morgan fingerprint density at radius 3 is 0.633 bits per heavy atom. The highest BCUT2D eigenvalue weighted by molar-refractivity contribution is 5.92. The van der Waals surface area contributed by atoms with Crippen molar-refractivity contribution in [2.75, 3.05) is 80.5 Å². The first-order valence-corrected chi connectivity index (χ1v) is 49.4. The predicted octanol–water partition coefficient (Wildman–Crippen LogP) is 28.4. The molecule has 678 valence electrons. The molecule has 0 fully saturated rings. The largest absolute Gasteiger partial charge is 0.493 e. The van der Waals surface area contributed by atoms with Gasteiger partial charge < -0.3 is 66.2 Å². The zero-order valence-electron chi connectivity index (χ0n) is 77.2. The highest BCUT2D eigenvalue weighted by atomic mass is 16.5.